The monoisotopic (exact) mass is 310 g/mol. The van der Waals surface area contributed by atoms with Crippen molar-refractivity contribution in [2.45, 2.75) is 13.0 Å². The van der Waals surface area contributed by atoms with Gasteiger partial charge in [0.15, 0.2) is 5.11 Å². The minimum absolute atomic E-state index is 0.650. The van der Waals surface area contributed by atoms with Crippen LogP contribution in [0.4, 0.5) is 5.69 Å². The van der Waals surface area contributed by atoms with Gasteiger partial charge in [-0.3, -0.25) is 4.68 Å². The number of anilines is 1. The Kier molecular flexibility index (Phi) is 4.65. The Bertz CT molecular complexity index is 747. The topological polar surface area (TPSA) is 41.9 Å². The third-order valence-corrected chi connectivity index (χ3v) is 3.69. The van der Waals surface area contributed by atoms with E-state index < -0.39 is 0 Å². The summed E-state index contributed by atoms with van der Waals surface area (Å²) in [7, 11) is 0. The van der Waals surface area contributed by atoms with Crippen molar-refractivity contribution in [1.29, 1.82) is 0 Å². The number of hydrogen-bond acceptors (Lipinski definition) is 2. The van der Waals surface area contributed by atoms with Crippen molar-refractivity contribution in [3.8, 4) is 0 Å². The van der Waals surface area contributed by atoms with Crippen LogP contribution < -0.4 is 10.6 Å². The zero-order valence-corrected chi connectivity index (χ0v) is 13.0. The zero-order valence-electron chi connectivity index (χ0n) is 12.2. The van der Waals surface area contributed by atoms with Crippen molar-refractivity contribution in [3.63, 3.8) is 0 Å². The first-order valence-electron chi connectivity index (χ1n) is 7.33. The van der Waals surface area contributed by atoms with Crippen molar-refractivity contribution in [3.05, 3.63) is 60.9 Å². The van der Waals surface area contributed by atoms with E-state index in [1.54, 1.807) is 6.20 Å². The van der Waals surface area contributed by atoms with Crippen LogP contribution in [0.5, 0.6) is 0 Å². The first kappa shape index (κ1) is 14.5. The molecule has 0 aliphatic carbocycles. The van der Waals surface area contributed by atoms with Gasteiger partial charge in [0.05, 0.1) is 0 Å². The number of nitrogens with one attached hydrogen (secondary N) is 2. The molecule has 0 atom stereocenters. The van der Waals surface area contributed by atoms with Crippen LogP contribution in [-0.4, -0.2) is 21.4 Å². The molecule has 0 aliphatic heterocycles. The van der Waals surface area contributed by atoms with Crippen molar-refractivity contribution in [2.24, 2.45) is 0 Å². The van der Waals surface area contributed by atoms with E-state index in [4.69, 9.17) is 12.2 Å². The summed E-state index contributed by atoms with van der Waals surface area (Å²) < 4.78 is 1.92. The third kappa shape index (κ3) is 3.62. The van der Waals surface area contributed by atoms with E-state index in [-0.39, 0.29) is 0 Å². The van der Waals surface area contributed by atoms with Crippen molar-refractivity contribution < 1.29 is 0 Å². The van der Waals surface area contributed by atoms with Gasteiger partial charge in [-0.25, -0.2) is 0 Å². The van der Waals surface area contributed by atoms with Gasteiger partial charge in [0, 0.05) is 36.6 Å². The standard InChI is InChI=1S/C17H18N4S/c22-17(18-10-4-12-21-13-5-11-19-21)20-16-9-3-7-14-6-1-2-8-15(14)16/h1-3,5-9,11,13H,4,10,12H2,(H2,18,20,22). The Balaban J connectivity index is 1.52. The highest BCUT2D eigenvalue weighted by Gasteiger charge is 2.02. The quantitative estimate of drug-likeness (QED) is 0.560. The van der Waals surface area contributed by atoms with Gasteiger partial charge in [-0.05, 0) is 36.2 Å². The molecule has 0 unspecified atom stereocenters. The molecule has 1 aromatic heterocycles. The molecule has 2 N–H and O–H groups in total. The average molecular weight is 310 g/mol. The Morgan fingerprint density at radius 3 is 2.82 bits per heavy atom. The van der Waals surface area contributed by atoms with E-state index in [1.807, 2.05) is 41.2 Å². The Morgan fingerprint density at radius 1 is 1.09 bits per heavy atom. The molecule has 0 saturated heterocycles. The minimum Gasteiger partial charge on any atom is -0.362 e. The molecule has 0 amide bonds. The van der Waals surface area contributed by atoms with Crippen LogP contribution in [-0.2, 0) is 6.54 Å². The Labute approximate surface area is 135 Å². The molecule has 0 aliphatic rings. The van der Waals surface area contributed by atoms with Gasteiger partial charge in [-0.2, -0.15) is 5.10 Å². The summed E-state index contributed by atoms with van der Waals surface area (Å²) in [5.74, 6) is 0. The summed E-state index contributed by atoms with van der Waals surface area (Å²) in [6, 6.07) is 16.4. The van der Waals surface area contributed by atoms with Crippen LogP contribution in [0.25, 0.3) is 10.8 Å². The van der Waals surface area contributed by atoms with E-state index in [2.05, 4.69) is 33.9 Å². The van der Waals surface area contributed by atoms with E-state index in [9.17, 15) is 0 Å². The molecule has 3 aromatic rings. The molecule has 1 heterocycles. The molecular formula is C17H18N4S. The number of aryl methyl sites for hydroxylation is 1. The highest BCUT2D eigenvalue weighted by Crippen LogP contribution is 2.22. The van der Waals surface area contributed by atoms with E-state index >= 15 is 0 Å². The molecule has 3 rings (SSSR count). The largest absolute Gasteiger partial charge is 0.362 e. The number of nitrogens with zero attached hydrogens (tertiary/aromatic N) is 2. The van der Waals surface area contributed by atoms with Crippen molar-refractivity contribution in [1.82, 2.24) is 15.1 Å². The lowest BCUT2D eigenvalue weighted by Gasteiger charge is -2.12. The Hall–Kier alpha value is -2.40. The number of hydrogen-bond donors (Lipinski definition) is 2. The molecule has 112 valence electrons. The van der Waals surface area contributed by atoms with E-state index in [0.717, 1.165) is 25.2 Å². The average Bonchev–Trinajstić information content (AvgIpc) is 3.05. The highest BCUT2D eigenvalue weighted by atomic mass is 32.1. The van der Waals surface area contributed by atoms with Crippen LogP contribution in [0.3, 0.4) is 0 Å². The SMILES string of the molecule is S=C(NCCCn1cccn1)Nc1cccc2ccccc12. The van der Waals surface area contributed by atoms with Crippen LogP contribution in [0.15, 0.2) is 60.9 Å². The summed E-state index contributed by atoms with van der Waals surface area (Å²) in [5, 5.41) is 13.7. The fraction of sp³-hybridized carbons (Fsp3) is 0.176. The number of rotatable bonds is 5. The molecule has 22 heavy (non-hydrogen) atoms. The molecule has 4 nitrogen and oxygen atoms in total. The number of aromatic nitrogens is 2. The third-order valence-electron chi connectivity index (χ3n) is 3.45. The zero-order chi connectivity index (χ0) is 15.2. The molecule has 0 fully saturated rings. The summed E-state index contributed by atoms with van der Waals surface area (Å²) in [5.41, 5.74) is 1.03. The van der Waals surface area contributed by atoms with Crippen molar-refractivity contribution in [2.75, 3.05) is 11.9 Å². The summed E-state index contributed by atoms with van der Waals surface area (Å²) >= 11 is 5.37. The van der Waals surface area contributed by atoms with Gasteiger partial charge < -0.3 is 10.6 Å². The van der Waals surface area contributed by atoms with Gasteiger partial charge in [-0.15, -0.1) is 0 Å². The maximum Gasteiger partial charge on any atom is 0.170 e. The highest BCUT2D eigenvalue weighted by molar-refractivity contribution is 7.80. The smallest absolute Gasteiger partial charge is 0.170 e. The molecule has 0 saturated carbocycles. The summed E-state index contributed by atoms with van der Waals surface area (Å²) in [6.07, 6.45) is 4.73. The molecular weight excluding hydrogens is 292 g/mol. The van der Waals surface area contributed by atoms with Crippen LogP contribution in [0, 0.1) is 0 Å². The number of benzene rings is 2. The van der Waals surface area contributed by atoms with Crippen LogP contribution in [0.1, 0.15) is 6.42 Å². The summed E-state index contributed by atoms with van der Waals surface area (Å²) in [4.78, 5) is 0. The second kappa shape index (κ2) is 7.04. The molecule has 5 heteroatoms. The molecule has 0 bridgehead atoms. The molecule has 0 spiro atoms. The molecule has 2 aromatic carbocycles. The lowest BCUT2D eigenvalue weighted by molar-refractivity contribution is 0.574. The predicted molar refractivity (Wildman–Crippen MR) is 95.0 cm³/mol. The van der Waals surface area contributed by atoms with Crippen molar-refractivity contribution >= 4 is 33.8 Å². The van der Waals surface area contributed by atoms with Gasteiger partial charge >= 0.3 is 0 Å². The van der Waals surface area contributed by atoms with Gasteiger partial charge in [0.25, 0.3) is 0 Å². The molecule has 0 radical (unpaired) electrons. The lowest BCUT2D eigenvalue weighted by atomic mass is 10.1. The minimum atomic E-state index is 0.650. The summed E-state index contributed by atoms with van der Waals surface area (Å²) in [6.45, 7) is 1.70. The van der Waals surface area contributed by atoms with E-state index in [1.165, 1.54) is 10.8 Å². The second-order valence-corrected chi connectivity index (χ2v) is 5.44. The number of fused-ring (bicyclic) bond motifs is 1. The number of thiocarbonyl (C=S) groups is 1. The Morgan fingerprint density at radius 2 is 1.95 bits per heavy atom. The van der Waals surface area contributed by atoms with Gasteiger partial charge in [-0.1, -0.05) is 36.4 Å². The van der Waals surface area contributed by atoms with Gasteiger partial charge in [0.1, 0.15) is 0 Å². The second-order valence-electron chi connectivity index (χ2n) is 5.03. The fourth-order valence-electron chi connectivity index (χ4n) is 2.38. The lowest BCUT2D eigenvalue weighted by Crippen LogP contribution is -2.29. The van der Waals surface area contributed by atoms with Crippen LogP contribution >= 0.6 is 12.2 Å². The first-order valence-corrected chi connectivity index (χ1v) is 7.74. The van der Waals surface area contributed by atoms with E-state index in [0.29, 0.717) is 5.11 Å². The maximum atomic E-state index is 5.37. The van der Waals surface area contributed by atoms with Gasteiger partial charge in [0.2, 0.25) is 0 Å². The maximum absolute atomic E-state index is 5.37. The fourth-order valence-corrected chi connectivity index (χ4v) is 2.59. The normalized spacial score (nSPS) is 10.5. The first-order chi connectivity index (χ1) is 10.8. The predicted octanol–water partition coefficient (Wildman–Crippen LogP) is 3.41. The van der Waals surface area contributed by atoms with Crippen LogP contribution in [0.2, 0.25) is 0 Å².